The van der Waals surface area contributed by atoms with Crippen LogP contribution in [0.1, 0.15) is 44.6 Å². The standard InChI is InChI=1S/C24H24F2N6O2/c1-3-16(4-2)22(33)27-19-7-5-6-18(12-19)20-14-32(31-28-20)13-15-8-10-17(11-9-15)23-29-30-24(34-23)21(25)26/h5-12,14,16,21H,3-4,13H2,1-2H3,(H,27,33). The van der Waals surface area contributed by atoms with Gasteiger partial charge in [0.2, 0.25) is 11.8 Å². The fraction of sp³-hybridized carbons (Fsp3) is 0.292. The van der Waals surface area contributed by atoms with Gasteiger partial charge in [0.1, 0.15) is 5.69 Å². The van der Waals surface area contributed by atoms with E-state index in [0.29, 0.717) is 17.8 Å². The Kier molecular flexibility index (Phi) is 7.05. The highest BCUT2D eigenvalue weighted by Gasteiger charge is 2.17. The molecule has 4 aromatic rings. The van der Waals surface area contributed by atoms with Gasteiger partial charge in [0.15, 0.2) is 0 Å². The monoisotopic (exact) mass is 466 g/mol. The van der Waals surface area contributed by atoms with Crippen LogP contribution in [-0.4, -0.2) is 31.1 Å². The van der Waals surface area contributed by atoms with Crippen LogP contribution in [0.15, 0.2) is 59.1 Å². The predicted octanol–water partition coefficient (Wildman–Crippen LogP) is 5.36. The van der Waals surface area contributed by atoms with Crippen molar-refractivity contribution >= 4 is 11.6 Å². The average Bonchev–Trinajstić information content (AvgIpc) is 3.51. The number of benzene rings is 2. The number of aromatic nitrogens is 5. The zero-order valence-corrected chi connectivity index (χ0v) is 18.8. The van der Waals surface area contributed by atoms with Crippen LogP contribution in [0.4, 0.5) is 14.5 Å². The van der Waals surface area contributed by atoms with E-state index >= 15 is 0 Å². The number of carbonyl (C=O) groups excluding carboxylic acids is 1. The first-order chi connectivity index (χ1) is 16.5. The molecule has 1 amide bonds. The Morgan fingerprint density at radius 2 is 1.79 bits per heavy atom. The maximum atomic E-state index is 12.6. The Labute approximate surface area is 195 Å². The highest BCUT2D eigenvalue weighted by molar-refractivity contribution is 5.93. The van der Waals surface area contributed by atoms with Crippen LogP contribution in [0.25, 0.3) is 22.7 Å². The number of amides is 1. The number of rotatable bonds is 9. The first-order valence-electron chi connectivity index (χ1n) is 11.0. The van der Waals surface area contributed by atoms with E-state index in [0.717, 1.165) is 29.7 Å². The summed E-state index contributed by atoms with van der Waals surface area (Å²) in [5, 5.41) is 18.4. The molecule has 0 saturated heterocycles. The molecule has 0 aliphatic heterocycles. The Morgan fingerprint density at radius 3 is 2.47 bits per heavy atom. The van der Waals surface area contributed by atoms with Gasteiger partial charge >= 0.3 is 6.43 Å². The fourth-order valence-electron chi connectivity index (χ4n) is 3.55. The Morgan fingerprint density at radius 1 is 1.03 bits per heavy atom. The number of nitrogens with zero attached hydrogens (tertiary/aromatic N) is 5. The van der Waals surface area contributed by atoms with Crippen molar-refractivity contribution in [1.82, 2.24) is 25.2 Å². The molecule has 0 spiro atoms. The molecule has 0 radical (unpaired) electrons. The second-order valence-electron chi connectivity index (χ2n) is 7.83. The molecule has 2 heterocycles. The Balaban J connectivity index is 1.43. The number of nitrogens with one attached hydrogen (secondary N) is 1. The minimum Gasteiger partial charge on any atom is -0.415 e. The third-order valence-electron chi connectivity index (χ3n) is 5.49. The van der Waals surface area contributed by atoms with E-state index in [9.17, 15) is 13.6 Å². The second-order valence-corrected chi connectivity index (χ2v) is 7.83. The van der Waals surface area contributed by atoms with Gasteiger partial charge in [-0.2, -0.15) is 8.78 Å². The van der Waals surface area contributed by atoms with Gasteiger partial charge in [-0.3, -0.25) is 4.79 Å². The highest BCUT2D eigenvalue weighted by Crippen LogP contribution is 2.24. The van der Waals surface area contributed by atoms with Crippen LogP contribution in [0.3, 0.4) is 0 Å². The molecule has 0 unspecified atom stereocenters. The molecule has 34 heavy (non-hydrogen) atoms. The van der Waals surface area contributed by atoms with Crippen LogP contribution in [0.5, 0.6) is 0 Å². The van der Waals surface area contributed by atoms with E-state index in [1.165, 1.54) is 0 Å². The van der Waals surface area contributed by atoms with Crippen molar-refractivity contribution in [3.63, 3.8) is 0 Å². The molecule has 4 rings (SSSR count). The molecule has 0 atom stereocenters. The van der Waals surface area contributed by atoms with Crippen molar-refractivity contribution in [2.75, 3.05) is 5.32 Å². The van der Waals surface area contributed by atoms with E-state index in [1.807, 2.05) is 56.4 Å². The fourth-order valence-corrected chi connectivity index (χ4v) is 3.55. The zero-order chi connectivity index (χ0) is 24.1. The maximum Gasteiger partial charge on any atom is 0.314 e. The van der Waals surface area contributed by atoms with Crippen LogP contribution < -0.4 is 5.32 Å². The van der Waals surface area contributed by atoms with Gasteiger partial charge in [-0.15, -0.1) is 15.3 Å². The summed E-state index contributed by atoms with van der Waals surface area (Å²) in [5.41, 5.74) is 3.72. The molecule has 1 N–H and O–H groups in total. The minimum absolute atomic E-state index is 0.0119. The van der Waals surface area contributed by atoms with Gasteiger partial charge in [-0.05, 0) is 42.7 Å². The maximum absolute atomic E-state index is 12.6. The molecule has 0 aliphatic carbocycles. The van der Waals surface area contributed by atoms with E-state index in [1.54, 1.807) is 16.8 Å². The first kappa shape index (κ1) is 23.2. The van der Waals surface area contributed by atoms with E-state index in [2.05, 4.69) is 25.8 Å². The predicted molar refractivity (Wildman–Crippen MR) is 122 cm³/mol. The van der Waals surface area contributed by atoms with E-state index in [4.69, 9.17) is 4.42 Å². The Bertz CT molecular complexity index is 1250. The topological polar surface area (TPSA) is 98.7 Å². The number of hydrogen-bond acceptors (Lipinski definition) is 6. The lowest BCUT2D eigenvalue weighted by atomic mass is 10.0. The summed E-state index contributed by atoms with van der Waals surface area (Å²) in [5.74, 6) is -0.656. The number of halogens is 2. The summed E-state index contributed by atoms with van der Waals surface area (Å²) >= 11 is 0. The molecule has 0 saturated carbocycles. The molecule has 0 bridgehead atoms. The van der Waals surface area contributed by atoms with Crippen molar-refractivity contribution in [3.05, 3.63) is 66.2 Å². The smallest absolute Gasteiger partial charge is 0.314 e. The quantitative estimate of drug-likeness (QED) is 0.357. The summed E-state index contributed by atoms with van der Waals surface area (Å²) in [4.78, 5) is 12.4. The normalized spacial score (nSPS) is 11.4. The number of hydrogen-bond donors (Lipinski definition) is 1. The summed E-state index contributed by atoms with van der Waals surface area (Å²) in [6.07, 6.45) is 0.609. The van der Waals surface area contributed by atoms with Crippen molar-refractivity contribution in [1.29, 1.82) is 0 Å². The summed E-state index contributed by atoms with van der Waals surface area (Å²) < 4.78 is 31.9. The summed E-state index contributed by atoms with van der Waals surface area (Å²) in [6, 6.07) is 14.6. The molecule has 10 heteroatoms. The molecular weight excluding hydrogens is 442 g/mol. The Hall–Kier alpha value is -3.95. The molecular formula is C24H24F2N6O2. The van der Waals surface area contributed by atoms with Crippen molar-refractivity contribution < 1.29 is 18.0 Å². The molecule has 176 valence electrons. The summed E-state index contributed by atoms with van der Waals surface area (Å²) in [7, 11) is 0. The number of carbonyl (C=O) groups is 1. The van der Waals surface area contributed by atoms with Crippen LogP contribution in [-0.2, 0) is 11.3 Å². The average molecular weight is 466 g/mol. The minimum atomic E-state index is -2.80. The summed E-state index contributed by atoms with van der Waals surface area (Å²) in [6.45, 7) is 4.47. The van der Waals surface area contributed by atoms with Crippen molar-refractivity contribution in [2.24, 2.45) is 5.92 Å². The zero-order valence-electron chi connectivity index (χ0n) is 18.8. The van der Waals surface area contributed by atoms with Gasteiger partial charge in [-0.1, -0.05) is 43.3 Å². The molecule has 0 aliphatic rings. The number of alkyl halides is 2. The second kappa shape index (κ2) is 10.3. The van der Waals surface area contributed by atoms with Crippen LogP contribution in [0.2, 0.25) is 0 Å². The lowest BCUT2D eigenvalue weighted by Gasteiger charge is -2.13. The van der Waals surface area contributed by atoms with Crippen molar-refractivity contribution in [2.45, 2.75) is 39.7 Å². The van der Waals surface area contributed by atoms with Gasteiger partial charge in [0.25, 0.3) is 5.89 Å². The van der Waals surface area contributed by atoms with Gasteiger partial charge in [0.05, 0.1) is 12.7 Å². The molecule has 0 fully saturated rings. The molecule has 2 aromatic heterocycles. The lowest BCUT2D eigenvalue weighted by molar-refractivity contribution is -0.120. The third-order valence-corrected chi connectivity index (χ3v) is 5.49. The molecule has 2 aromatic carbocycles. The largest absolute Gasteiger partial charge is 0.415 e. The van der Waals surface area contributed by atoms with E-state index in [-0.39, 0.29) is 17.7 Å². The third kappa shape index (κ3) is 5.33. The SMILES string of the molecule is CCC(CC)C(=O)Nc1cccc(-c2cn(Cc3ccc(-c4nnc(C(F)F)o4)cc3)nn2)c1. The van der Waals surface area contributed by atoms with Crippen LogP contribution in [0, 0.1) is 5.92 Å². The lowest BCUT2D eigenvalue weighted by Crippen LogP contribution is -2.21. The van der Waals surface area contributed by atoms with Crippen LogP contribution >= 0.6 is 0 Å². The first-order valence-corrected chi connectivity index (χ1v) is 11.0. The van der Waals surface area contributed by atoms with Crippen molar-refractivity contribution in [3.8, 4) is 22.7 Å². The van der Waals surface area contributed by atoms with Gasteiger partial charge < -0.3 is 9.73 Å². The highest BCUT2D eigenvalue weighted by atomic mass is 19.3. The van der Waals surface area contributed by atoms with E-state index < -0.39 is 12.3 Å². The van der Waals surface area contributed by atoms with Gasteiger partial charge in [-0.25, -0.2) is 4.68 Å². The number of anilines is 1. The van der Waals surface area contributed by atoms with Gasteiger partial charge in [0, 0.05) is 22.7 Å². The molecule has 8 nitrogen and oxygen atoms in total.